The van der Waals surface area contributed by atoms with Crippen LogP contribution in [-0.2, 0) is 0 Å². The molecule has 4 nitrogen and oxygen atoms in total. The highest BCUT2D eigenvalue weighted by Crippen LogP contribution is 2.33. The molecule has 0 fully saturated rings. The smallest absolute Gasteiger partial charge is 0.150 e. The average Bonchev–Trinajstić information content (AvgIpc) is 2.24. The molecule has 0 spiro atoms. The summed E-state index contributed by atoms with van der Waals surface area (Å²) in [7, 11) is 0. The van der Waals surface area contributed by atoms with E-state index in [1.54, 1.807) is 12.1 Å². The van der Waals surface area contributed by atoms with Gasteiger partial charge in [0.25, 0.3) is 0 Å². The van der Waals surface area contributed by atoms with Crippen LogP contribution in [0.2, 0.25) is 0 Å². The van der Waals surface area contributed by atoms with Gasteiger partial charge in [0.2, 0.25) is 0 Å². The van der Waals surface area contributed by atoms with Gasteiger partial charge in [-0.3, -0.25) is 4.79 Å². The zero-order chi connectivity index (χ0) is 11.3. The molecule has 1 aromatic carbocycles. The third-order valence-corrected chi connectivity index (χ3v) is 1.86. The van der Waals surface area contributed by atoms with E-state index in [9.17, 15) is 4.79 Å². The van der Waals surface area contributed by atoms with Crippen LogP contribution in [0.4, 0.5) is 5.69 Å². The van der Waals surface area contributed by atoms with Crippen molar-refractivity contribution in [1.82, 2.24) is 0 Å². The van der Waals surface area contributed by atoms with E-state index in [2.05, 4.69) is 0 Å². The van der Waals surface area contributed by atoms with E-state index in [-0.39, 0.29) is 0 Å². The molecule has 0 aliphatic carbocycles. The van der Waals surface area contributed by atoms with Gasteiger partial charge in [0, 0.05) is 5.56 Å². The summed E-state index contributed by atoms with van der Waals surface area (Å²) < 4.78 is 10.6. The Hall–Kier alpha value is -1.71. The summed E-state index contributed by atoms with van der Waals surface area (Å²) in [5, 5.41) is 0. The summed E-state index contributed by atoms with van der Waals surface area (Å²) in [6.07, 6.45) is 0.741. The van der Waals surface area contributed by atoms with Crippen LogP contribution in [0.15, 0.2) is 12.1 Å². The van der Waals surface area contributed by atoms with Gasteiger partial charge in [-0.25, -0.2) is 0 Å². The van der Waals surface area contributed by atoms with Crippen LogP contribution in [0.1, 0.15) is 24.2 Å². The van der Waals surface area contributed by atoms with E-state index in [0.29, 0.717) is 36.0 Å². The quantitative estimate of drug-likeness (QED) is 0.594. The maximum Gasteiger partial charge on any atom is 0.150 e. The van der Waals surface area contributed by atoms with Crippen LogP contribution >= 0.6 is 0 Å². The van der Waals surface area contributed by atoms with Crippen molar-refractivity contribution in [2.75, 3.05) is 18.9 Å². The molecule has 15 heavy (non-hydrogen) atoms. The maximum absolute atomic E-state index is 10.7. The lowest BCUT2D eigenvalue weighted by atomic mass is 10.2. The molecule has 0 saturated heterocycles. The van der Waals surface area contributed by atoms with Crippen molar-refractivity contribution in [3.05, 3.63) is 17.7 Å². The van der Waals surface area contributed by atoms with Gasteiger partial charge in [-0.05, 0) is 26.0 Å². The van der Waals surface area contributed by atoms with Gasteiger partial charge in [-0.2, -0.15) is 0 Å². The molecule has 1 aromatic rings. The number of nitrogen functional groups attached to an aromatic ring is 1. The number of nitrogens with two attached hydrogens (primary N) is 1. The Morgan fingerprint density at radius 1 is 1.20 bits per heavy atom. The molecular weight excluding hydrogens is 194 g/mol. The largest absolute Gasteiger partial charge is 0.492 e. The molecule has 0 amide bonds. The number of aldehydes is 1. The summed E-state index contributed by atoms with van der Waals surface area (Å²) >= 11 is 0. The third-order valence-electron chi connectivity index (χ3n) is 1.86. The summed E-state index contributed by atoms with van der Waals surface area (Å²) in [5.74, 6) is 0.983. The van der Waals surface area contributed by atoms with E-state index < -0.39 is 0 Å². The SMILES string of the molecule is CCOc1cc(C=O)cc(OCC)c1N. The van der Waals surface area contributed by atoms with E-state index in [4.69, 9.17) is 15.2 Å². The number of rotatable bonds is 5. The summed E-state index contributed by atoms with van der Waals surface area (Å²) in [5.41, 5.74) is 6.74. The number of ether oxygens (including phenoxy) is 2. The van der Waals surface area contributed by atoms with Gasteiger partial charge in [-0.15, -0.1) is 0 Å². The van der Waals surface area contributed by atoms with Gasteiger partial charge in [0.1, 0.15) is 23.5 Å². The fourth-order valence-electron chi connectivity index (χ4n) is 1.24. The molecule has 0 aliphatic heterocycles. The highest BCUT2D eigenvalue weighted by atomic mass is 16.5. The van der Waals surface area contributed by atoms with Crippen molar-refractivity contribution in [3.8, 4) is 11.5 Å². The first-order valence-corrected chi connectivity index (χ1v) is 4.87. The van der Waals surface area contributed by atoms with Crippen molar-refractivity contribution >= 4 is 12.0 Å². The van der Waals surface area contributed by atoms with Crippen LogP contribution < -0.4 is 15.2 Å². The number of carbonyl (C=O) groups is 1. The van der Waals surface area contributed by atoms with E-state index in [1.807, 2.05) is 13.8 Å². The predicted octanol–water partition coefficient (Wildman–Crippen LogP) is 1.88. The molecule has 1 rings (SSSR count). The lowest BCUT2D eigenvalue weighted by Crippen LogP contribution is -2.02. The van der Waals surface area contributed by atoms with Gasteiger partial charge in [0.15, 0.2) is 0 Å². The molecule has 0 aromatic heterocycles. The highest BCUT2D eigenvalue weighted by Gasteiger charge is 2.09. The van der Waals surface area contributed by atoms with Gasteiger partial charge in [-0.1, -0.05) is 0 Å². The minimum absolute atomic E-state index is 0.435. The van der Waals surface area contributed by atoms with Crippen LogP contribution in [0.25, 0.3) is 0 Å². The van der Waals surface area contributed by atoms with Gasteiger partial charge < -0.3 is 15.2 Å². The Labute approximate surface area is 89.0 Å². The maximum atomic E-state index is 10.7. The number of hydrogen-bond donors (Lipinski definition) is 1. The number of anilines is 1. The molecule has 0 unspecified atom stereocenters. The lowest BCUT2D eigenvalue weighted by Gasteiger charge is -2.12. The molecule has 0 radical (unpaired) electrons. The van der Waals surface area contributed by atoms with E-state index in [1.165, 1.54) is 0 Å². The van der Waals surface area contributed by atoms with Crippen molar-refractivity contribution in [3.63, 3.8) is 0 Å². The van der Waals surface area contributed by atoms with Gasteiger partial charge in [0.05, 0.1) is 13.2 Å². The molecule has 0 aliphatic rings. The monoisotopic (exact) mass is 209 g/mol. The Balaban J connectivity index is 3.14. The van der Waals surface area contributed by atoms with Crippen molar-refractivity contribution < 1.29 is 14.3 Å². The molecule has 82 valence electrons. The molecule has 0 heterocycles. The Morgan fingerprint density at radius 2 is 1.67 bits per heavy atom. The number of carbonyl (C=O) groups excluding carboxylic acids is 1. The van der Waals surface area contributed by atoms with Crippen LogP contribution in [-0.4, -0.2) is 19.5 Å². The standard InChI is InChI=1S/C11H15NO3/c1-3-14-9-5-8(7-13)6-10(11(9)12)15-4-2/h5-7H,3-4,12H2,1-2H3. The van der Waals surface area contributed by atoms with E-state index >= 15 is 0 Å². The first-order chi connectivity index (χ1) is 7.22. The Bertz CT molecular complexity index is 323. The Morgan fingerprint density at radius 3 is 2.00 bits per heavy atom. The minimum Gasteiger partial charge on any atom is -0.492 e. The minimum atomic E-state index is 0.435. The highest BCUT2D eigenvalue weighted by molar-refractivity contribution is 5.80. The van der Waals surface area contributed by atoms with Crippen LogP contribution in [0.5, 0.6) is 11.5 Å². The molecule has 0 bridgehead atoms. The summed E-state index contributed by atoms with van der Waals surface area (Å²) in [6.45, 7) is 4.71. The topological polar surface area (TPSA) is 61.5 Å². The molecule has 4 heteroatoms. The second kappa shape index (κ2) is 5.24. The van der Waals surface area contributed by atoms with Gasteiger partial charge >= 0.3 is 0 Å². The second-order valence-electron chi connectivity index (χ2n) is 2.91. The molecule has 0 atom stereocenters. The third kappa shape index (κ3) is 2.62. The van der Waals surface area contributed by atoms with Crippen LogP contribution in [0.3, 0.4) is 0 Å². The number of hydrogen-bond acceptors (Lipinski definition) is 4. The summed E-state index contributed by atoms with van der Waals surface area (Å²) in [6, 6.07) is 3.21. The van der Waals surface area contributed by atoms with Crippen molar-refractivity contribution in [2.45, 2.75) is 13.8 Å². The van der Waals surface area contributed by atoms with Crippen LogP contribution in [0, 0.1) is 0 Å². The lowest BCUT2D eigenvalue weighted by molar-refractivity contribution is 0.112. The molecule has 0 saturated carbocycles. The summed E-state index contributed by atoms with van der Waals surface area (Å²) in [4.78, 5) is 10.7. The average molecular weight is 209 g/mol. The molecular formula is C11H15NO3. The predicted molar refractivity (Wildman–Crippen MR) is 58.6 cm³/mol. The Kier molecular flexibility index (Phi) is 3.97. The second-order valence-corrected chi connectivity index (χ2v) is 2.91. The fourth-order valence-corrected chi connectivity index (χ4v) is 1.24. The van der Waals surface area contributed by atoms with E-state index in [0.717, 1.165) is 6.29 Å². The van der Waals surface area contributed by atoms with Crippen molar-refractivity contribution in [1.29, 1.82) is 0 Å². The first-order valence-electron chi connectivity index (χ1n) is 4.87. The molecule has 2 N–H and O–H groups in total. The first kappa shape index (κ1) is 11.4. The number of benzene rings is 1. The zero-order valence-electron chi connectivity index (χ0n) is 8.95. The van der Waals surface area contributed by atoms with Crippen molar-refractivity contribution in [2.24, 2.45) is 0 Å². The fraction of sp³-hybridized carbons (Fsp3) is 0.364. The zero-order valence-corrected chi connectivity index (χ0v) is 8.95. The normalized spacial score (nSPS) is 9.73.